The monoisotopic (exact) mass is 617 g/mol. The van der Waals surface area contributed by atoms with Gasteiger partial charge in [0.25, 0.3) is 0 Å². The quantitative estimate of drug-likeness (QED) is 0.103. The molecule has 0 rings (SSSR count). The van der Waals surface area contributed by atoms with Crippen LogP contribution in [-0.4, -0.2) is 87.3 Å². The zero-order chi connectivity index (χ0) is 34.0. The van der Waals surface area contributed by atoms with Gasteiger partial charge in [-0.1, -0.05) is 63.7 Å². The van der Waals surface area contributed by atoms with Crippen molar-refractivity contribution in [2.75, 3.05) is 26.2 Å². The Labute approximate surface area is 261 Å². The van der Waals surface area contributed by atoms with Crippen LogP contribution in [0, 0.1) is 47.4 Å². The number of rotatable bonds is 17. The van der Waals surface area contributed by atoms with E-state index in [1.807, 2.05) is 13.8 Å². The Morgan fingerprint density at radius 1 is 0.682 bits per heavy atom. The van der Waals surface area contributed by atoms with Crippen LogP contribution in [-0.2, 0) is 24.0 Å². The molecule has 1 amide bonds. The van der Waals surface area contributed by atoms with Crippen molar-refractivity contribution >= 4 is 29.8 Å². The highest BCUT2D eigenvalue weighted by atomic mass is 16.4. The smallest absolute Gasteiger partial charge is 0.320 e. The molecule has 244 valence electrons. The minimum Gasteiger partial charge on any atom is -0.481 e. The molecular formula is C32H47N3O9. The Morgan fingerprint density at radius 3 is 1.64 bits per heavy atom. The molecule has 0 aliphatic rings. The lowest BCUT2D eigenvalue weighted by Crippen LogP contribution is -2.46. The van der Waals surface area contributed by atoms with Crippen LogP contribution in [0.1, 0.15) is 91.4 Å². The van der Waals surface area contributed by atoms with Crippen molar-refractivity contribution in [3.05, 3.63) is 0 Å². The average Bonchev–Trinajstić information content (AvgIpc) is 2.94. The Morgan fingerprint density at radius 2 is 1.20 bits per heavy atom. The first-order valence-electron chi connectivity index (χ1n) is 14.5. The van der Waals surface area contributed by atoms with Crippen molar-refractivity contribution in [2.45, 2.75) is 97.4 Å². The van der Waals surface area contributed by atoms with Crippen LogP contribution in [0.4, 0.5) is 0 Å². The number of carbonyl (C=O) groups excluding carboxylic acids is 1. The number of hydrogen-bond donors (Lipinski definition) is 6. The molecule has 12 heteroatoms. The molecule has 12 nitrogen and oxygen atoms in total. The summed E-state index contributed by atoms with van der Waals surface area (Å²) < 4.78 is 0. The minimum atomic E-state index is -1.31. The standard InChI is InChI=1S/C18H24N2O7.C8H8O2.C6H15N/c1-2-3-4-5-6-10-15(21)19-11-8-7-9-14(18(26)27)20(12-16(22)23)13-17(24)25;1-2-3-4-5-6-7-8(9)10;1-2-3-4-5-6-7/h14H,2,7-13H2,1H3,(H,19,21)(H,22,23)(H,24,25)(H,26,27);2,7H2,1H3,(H,9,10);2-7H2,1H3. The van der Waals surface area contributed by atoms with E-state index in [0.717, 1.165) is 17.9 Å². The lowest BCUT2D eigenvalue weighted by molar-refractivity contribution is -0.149. The van der Waals surface area contributed by atoms with Gasteiger partial charge in [0.15, 0.2) is 0 Å². The molecule has 0 bridgehead atoms. The fourth-order valence-corrected chi connectivity index (χ4v) is 3.01. The third-order valence-electron chi connectivity index (χ3n) is 5.01. The molecule has 7 N–H and O–H groups in total. The summed E-state index contributed by atoms with van der Waals surface area (Å²) >= 11 is 0. The van der Waals surface area contributed by atoms with E-state index in [2.05, 4.69) is 59.6 Å². The summed E-state index contributed by atoms with van der Waals surface area (Å²) in [5.41, 5.74) is 5.27. The number of amides is 1. The molecule has 0 spiro atoms. The summed E-state index contributed by atoms with van der Waals surface area (Å²) in [6, 6.07) is -1.23. The molecule has 0 radical (unpaired) electrons. The summed E-state index contributed by atoms with van der Waals surface area (Å²) in [5, 5.41) is 37.6. The second-order valence-corrected chi connectivity index (χ2v) is 8.90. The van der Waals surface area contributed by atoms with E-state index in [9.17, 15) is 29.1 Å². The van der Waals surface area contributed by atoms with Gasteiger partial charge in [-0.3, -0.25) is 28.9 Å². The van der Waals surface area contributed by atoms with Crippen LogP contribution in [0.3, 0.4) is 0 Å². The summed E-state index contributed by atoms with van der Waals surface area (Å²) in [5.74, 6) is 15.5. The van der Waals surface area contributed by atoms with Crippen LogP contribution in [0.15, 0.2) is 0 Å². The number of carboxylic acid groups (broad SMARTS) is 4. The fourth-order valence-electron chi connectivity index (χ4n) is 3.01. The van der Waals surface area contributed by atoms with Crippen molar-refractivity contribution in [3.63, 3.8) is 0 Å². The molecule has 0 fully saturated rings. The van der Waals surface area contributed by atoms with Gasteiger partial charge in [0, 0.05) is 19.4 Å². The van der Waals surface area contributed by atoms with Crippen molar-refractivity contribution in [2.24, 2.45) is 5.73 Å². The van der Waals surface area contributed by atoms with Crippen LogP contribution >= 0.6 is 0 Å². The fraction of sp³-hybridized carbons (Fsp3) is 0.594. The van der Waals surface area contributed by atoms with Crippen LogP contribution < -0.4 is 11.1 Å². The van der Waals surface area contributed by atoms with Crippen LogP contribution in [0.5, 0.6) is 0 Å². The highest BCUT2D eigenvalue weighted by molar-refractivity contribution is 5.79. The first-order valence-corrected chi connectivity index (χ1v) is 14.5. The minimum absolute atomic E-state index is 0.0150. The first kappa shape index (κ1) is 44.0. The average molecular weight is 618 g/mol. The van der Waals surface area contributed by atoms with Gasteiger partial charge in [-0.25, -0.2) is 0 Å². The number of unbranched alkanes of at least 4 members (excludes halogenated alkanes) is 4. The Balaban J connectivity index is -0.000000802. The van der Waals surface area contributed by atoms with Crippen molar-refractivity contribution in [1.29, 1.82) is 0 Å². The van der Waals surface area contributed by atoms with E-state index in [1.54, 1.807) is 0 Å². The Kier molecular flexibility index (Phi) is 33.0. The van der Waals surface area contributed by atoms with E-state index in [-0.39, 0.29) is 25.2 Å². The first-order chi connectivity index (χ1) is 21.0. The Hall–Kier alpha value is -4.49. The lowest BCUT2D eigenvalue weighted by atomic mass is 10.1. The van der Waals surface area contributed by atoms with Crippen LogP contribution in [0.2, 0.25) is 0 Å². The maximum atomic E-state index is 11.5. The van der Waals surface area contributed by atoms with Crippen LogP contribution in [0.25, 0.3) is 0 Å². The summed E-state index contributed by atoms with van der Waals surface area (Å²) in [7, 11) is 0. The second-order valence-electron chi connectivity index (χ2n) is 8.90. The molecule has 44 heavy (non-hydrogen) atoms. The second kappa shape index (κ2) is 33.0. The van der Waals surface area contributed by atoms with Gasteiger partial charge in [-0.05, 0) is 55.9 Å². The topological polar surface area (TPSA) is 208 Å². The molecular weight excluding hydrogens is 570 g/mol. The maximum Gasteiger partial charge on any atom is 0.320 e. The zero-order valence-electron chi connectivity index (χ0n) is 26.0. The highest BCUT2D eigenvalue weighted by Crippen LogP contribution is 2.09. The summed E-state index contributed by atoms with van der Waals surface area (Å²) in [6.07, 6.45) is 7.40. The van der Waals surface area contributed by atoms with Gasteiger partial charge in [0.05, 0.1) is 19.5 Å². The van der Waals surface area contributed by atoms with Crippen molar-refractivity contribution in [3.8, 4) is 47.4 Å². The van der Waals surface area contributed by atoms with Gasteiger partial charge in [0.2, 0.25) is 5.91 Å². The molecule has 0 aromatic rings. The number of nitrogens with two attached hydrogens (primary N) is 1. The van der Waals surface area contributed by atoms with E-state index in [1.165, 1.54) is 25.7 Å². The lowest BCUT2D eigenvalue weighted by Gasteiger charge is -2.25. The van der Waals surface area contributed by atoms with Gasteiger partial charge in [0.1, 0.15) is 12.5 Å². The summed E-state index contributed by atoms with van der Waals surface area (Å²) in [6.45, 7) is 5.81. The van der Waals surface area contributed by atoms with Gasteiger partial charge < -0.3 is 31.5 Å². The molecule has 0 saturated carbocycles. The number of aliphatic carboxylic acids is 4. The molecule has 0 saturated heterocycles. The molecule has 0 aromatic heterocycles. The zero-order valence-corrected chi connectivity index (χ0v) is 26.0. The molecule has 0 aliphatic carbocycles. The predicted octanol–water partition coefficient (Wildman–Crippen LogP) is 2.41. The molecule has 1 atom stereocenters. The van der Waals surface area contributed by atoms with E-state index in [4.69, 9.17) is 21.1 Å². The largest absolute Gasteiger partial charge is 0.481 e. The van der Waals surface area contributed by atoms with Gasteiger partial charge in [-0.15, -0.1) is 0 Å². The van der Waals surface area contributed by atoms with E-state index < -0.39 is 43.0 Å². The maximum absolute atomic E-state index is 11.5. The van der Waals surface area contributed by atoms with Gasteiger partial charge >= 0.3 is 23.9 Å². The molecule has 1 unspecified atom stereocenters. The third kappa shape index (κ3) is 35.5. The number of nitrogens with zero attached hydrogens (tertiary/aromatic N) is 1. The molecule has 0 aliphatic heterocycles. The number of carbonyl (C=O) groups is 5. The van der Waals surface area contributed by atoms with Crippen molar-refractivity contribution in [1.82, 2.24) is 10.2 Å². The molecule has 0 heterocycles. The highest BCUT2D eigenvalue weighted by Gasteiger charge is 2.28. The van der Waals surface area contributed by atoms with E-state index >= 15 is 0 Å². The number of hydrogen-bond acceptors (Lipinski definition) is 7. The Bertz CT molecular complexity index is 1090. The normalized spacial score (nSPS) is 9.57. The molecule has 0 aromatic carbocycles. The third-order valence-corrected chi connectivity index (χ3v) is 5.01. The number of carboxylic acids is 4. The van der Waals surface area contributed by atoms with Gasteiger partial charge in [-0.2, -0.15) is 0 Å². The number of nitrogens with one attached hydrogen (secondary N) is 1. The van der Waals surface area contributed by atoms with E-state index in [0.29, 0.717) is 25.8 Å². The SMILES string of the molecule is CCC#CC#CCC(=O)NCCCCC(C(=O)O)N(CC(=O)O)CC(=O)O.CCC#CC#CCC(=O)O.CCCCCCN. The van der Waals surface area contributed by atoms with Crippen molar-refractivity contribution < 1.29 is 44.4 Å². The summed E-state index contributed by atoms with van der Waals surface area (Å²) in [4.78, 5) is 55.3. The predicted molar refractivity (Wildman–Crippen MR) is 167 cm³/mol.